The van der Waals surface area contributed by atoms with E-state index in [0.717, 1.165) is 42.9 Å². The Labute approximate surface area is 212 Å². The summed E-state index contributed by atoms with van der Waals surface area (Å²) in [5, 5.41) is 13.6. The summed E-state index contributed by atoms with van der Waals surface area (Å²) in [5.41, 5.74) is 1.61. The Morgan fingerprint density at radius 2 is 1.92 bits per heavy atom. The van der Waals surface area contributed by atoms with Gasteiger partial charge in [0, 0.05) is 23.0 Å². The van der Waals surface area contributed by atoms with E-state index in [2.05, 4.69) is 30.7 Å². The molecule has 2 aromatic carbocycles. The zero-order valence-corrected chi connectivity index (χ0v) is 20.3. The van der Waals surface area contributed by atoms with Crippen molar-refractivity contribution in [3.63, 3.8) is 0 Å². The van der Waals surface area contributed by atoms with Crippen LogP contribution in [-0.4, -0.2) is 46.1 Å². The van der Waals surface area contributed by atoms with Crippen molar-refractivity contribution in [3.8, 4) is 0 Å². The number of nitrogens with zero attached hydrogens (tertiary/aromatic N) is 3. The molecule has 0 bridgehead atoms. The van der Waals surface area contributed by atoms with Crippen molar-refractivity contribution in [2.45, 2.75) is 25.4 Å². The lowest BCUT2D eigenvalue weighted by Gasteiger charge is -2.29. The Morgan fingerprint density at radius 1 is 1.11 bits per heavy atom. The van der Waals surface area contributed by atoms with E-state index in [0.29, 0.717) is 23.6 Å². The number of aromatic amines is 1. The van der Waals surface area contributed by atoms with E-state index < -0.39 is 17.6 Å². The minimum atomic E-state index is -4.52. The maximum atomic E-state index is 13.7. The van der Waals surface area contributed by atoms with Gasteiger partial charge in [-0.15, -0.1) is 0 Å². The molecule has 3 heterocycles. The summed E-state index contributed by atoms with van der Waals surface area (Å²) in [7, 11) is 2.05. The molecule has 1 amide bonds. The van der Waals surface area contributed by atoms with Gasteiger partial charge in [0.1, 0.15) is 5.82 Å². The number of halogens is 3. The molecule has 1 saturated heterocycles. The molecule has 1 aliphatic rings. The monoisotopic (exact) mass is 508 g/mol. The van der Waals surface area contributed by atoms with Gasteiger partial charge >= 0.3 is 6.18 Å². The number of carbonyl (C=O) groups is 1. The van der Waals surface area contributed by atoms with Crippen LogP contribution in [0, 0.1) is 5.92 Å². The highest BCUT2D eigenvalue weighted by Gasteiger charge is 2.32. The van der Waals surface area contributed by atoms with Crippen LogP contribution >= 0.6 is 0 Å². The normalized spacial score (nSPS) is 15.1. The van der Waals surface area contributed by atoms with Gasteiger partial charge in [-0.3, -0.25) is 9.89 Å². The summed E-state index contributed by atoms with van der Waals surface area (Å²) in [4.78, 5) is 19.7. The number of benzene rings is 2. The third-order valence-electron chi connectivity index (χ3n) is 6.70. The number of fused-ring (bicyclic) bond motifs is 1. The summed E-state index contributed by atoms with van der Waals surface area (Å²) in [6.45, 7) is 1.86. The SMILES string of the molecule is CN1CCC(Cc2cc(NC(=O)c3cccnc3Nc3ccc4cn[nH]c4c3)cc(C(F)(F)F)c2)CC1. The van der Waals surface area contributed by atoms with Crippen LogP contribution in [0.4, 0.5) is 30.4 Å². The maximum absolute atomic E-state index is 13.7. The van der Waals surface area contributed by atoms with Crippen LogP contribution in [0.5, 0.6) is 0 Å². The van der Waals surface area contributed by atoms with Gasteiger partial charge in [0.2, 0.25) is 0 Å². The molecule has 1 fully saturated rings. The average Bonchev–Trinajstić information content (AvgIpc) is 3.33. The minimum Gasteiger partial charge on any atom is -0.340 e. The smallest absolute Gasteiger partial charge is 0.340 e. The molecule has 0 unspecified atom stereocenters. The predicted molar refractivity (Wildman–Crippen MR) is 137 cm³/mol. The van der Waals surface area contributed by atoms with E-state index in [1.807, 2.05) is 25.2 Å². The van der Waals surface area contributed by atoms with Gasteiger partial charge in [-0.2, -0.15) is 18.3 Å². The number of pyridine rings is 1. The van der Waals surface area contributed by atoms with Crippen molar-refractivity contribution in [2.24, 2.45) is 5.92 Å². The third kappa shape index (κ3) is 5.91. The van der Waals surface area contributed by atoms with E-state index in [-0.39, 0.29) is 17.1 Å². The molecule has 37 heavy (non-hydrogen) atoms. The van der Waals surface area contributed by atoms with Crippen LogP contribution in [-0.2, 0) is 12.6 Å². The Morgan fingerprint density at radius 3 is 2.70 bits per heavy atom. The highest BCUT2D eigenvalue weighted by Crippen LogP contribution is 2.34. The number of aromatic nitrogens is 3. The summed E-state index contributed by atoms with van der Waals surface area (Å²) >= 11 is 0. The van der Waals surface area contributed by atoms with E-state index >= 15 is 0 Å². The lowest BCUT2D eigenvalue weighted by molar-refractivity contribution is -0.137. The quantitative estimate of drug-likeness (QED) is 0.304. The van der Waals surface area contributed by atoms with E-state index in [1.165, 1.54) is 12.3 Å². The molecule has 192 valence electrons. The summed E-state index contributed by atoms with van der Waals surface area (Å²) in [5.74, 6) is 0.0461. The molecule has 3 N–H and O–H groups in total. The first-order valence-corrected chi connectivity index (χ1v) is 12.1. The number of likely N-dealkylation sites (tertiary alicyclic amines) is 1. The number of carbonyl (C=O) groups excluding carboxylic acids is 1. The largest absolute Gasteiger partial charge is 0.416 e. The van der Waals surface area contributed by atoms with Crippen molar-refractivity contribution in [2.75, 3.05) is 30.8 Å². The second kappa shape index (κ2) is 10.2. The number of amides is 1. The molecule has 1 aliphatic heterocycles. The fourth-order valence-electron chi connectivity index (χ4n) is 4.68. The number of hydrogen-bond acceptors (Lipinski definition) is 5. The van der Waals surface area contributed by atoms with E-state index in [1.54, 1.807) is 24.4 Å². The first kappa shape index (κ1) is 24.8. The molecule has 2 aromatic heterocycles. The maximum Gasteiger partial charge on any atom is 0.416 e. The molecule has 0 radical (unpaired) electrons. The standard InChI is InChI=1S/C27H27F3N6O/c1-36-9-6-17(7-10-36)11-18-12-20(27(28,29)30)14-22(13-18)34-26(37)23-3-2-8-31-25(23)33-21-5-4-19-16-32-35-24(19)15-21/h2-5,8,12-17H,6-7,9-11H2,1H3,(H,31,33)(H,32,35)(H,34,37). The molecule has 4 aromatic rings. The van der Waals surface area contributed by atoms with Crippen LogP contribution < -0.4 is 10.6 Å². The molecule has 0 spiro atoms. The van der Waals surface area contributed by atoms with Crippen LogP contribution in [0.2, 0.25) is 0 Å². The number of nitrogens with one attached hydrogen (secondary N) is 3. The second-order valence-corrected chi connectivity index (χ2v) is 9.52. The lowest BCUT2D eigenvalue weighted by atomic mass is 9.89. The van der Waals surface area contributed by atoms with Gasteiger partial charge in [0.15, 0.2) is 0 Å². The fourth-order valence-corrected chi connectivity index (χ4v) is 4.68. The van der Waals surface area contributed by atoms with Crippen LogP contribution in [0.1, 0.15) is 34.3 Å². The van der Waals surface area contributed by atoms with Crippen molar-refractivity contribution >= 4 is 34.0 Å². The summed E-state index contributed by atoms with van der Waals surface area (Å²) in [6.07, 6.45) is 1.13. The van der Waals surface area contributed by atoms with Crippen molar-refractivity contribution in [1.29, 1.82) is 0 Å². The Balaban J connectivity index is 1.38. The number of hydrogen-bond donors (Lipinski definition) is 3. The molecule has 7 nitrogen and oxygen atoms in total. The van der Waals surface area contributed by atoms with Gasteiger partial charge in [0.25, 0.3) is 5.91 Å². The van der Waals surface area contributed by atoms with E-state index in [4.69, 9.17) is 0 Å². The second-order valence-electron chi connectivity index (χ2n) is 9.52. The van der Waals surface area contributed by atoms with E-state index in [9.17, 15) is 18.0 Å². The van der Waals surface area contributed by atoms with Gasteiger partial charge in [0.05, 0.1) is 22.8 Å². The van der Waals surface area contributed by atoms with Crippen molar-refractivity contribution in [1.82, 2.24) is 20.1 Å². The van der Waals surface area contributed by atoms with Gasteiger partial charge < -0.3 is 15.5 Å². The first-order valence-electron chi connectivity index (χ1n) is 12.1. The van der Waals surface area contributed by atoms with Crippen LogP contribution in [0.25, 0.3) is 10.9 Å². The Hall–Kier alpha value is -3.92. The van der Waals surface area contributed by atoms with Crippen molar-refractivity contribution in [3.05, 3.63) is 77.6 Å². The molecule has 0 atom stereocenters. The third-order valence-corrected chi connectivity index (χ3v) is 6.70. The highest BCUT2D eigenvalue weighted by molar-refractivity contribution is 6.08. The number of H-pyrrole nitrogens is 1. The molecular weight excluding hydrogens is 481 g/mol. The van der Waals surface area contributed by atoms with Crippen LogP contribution in [0.15, 0.2) is 60.9 Å². The van der Waals surface area contributed by atoms with Gasteiger partial charge in [-0.25, -0.2) is 4.98 Å². The number of anilines is 3. The van der Waals surface area contributed by atoms with Crippen LogP contribution in [0.3, 0.4) is 0 Å². The summed E-state index contributed by atoms with van der Waals surface area (Å²) in [6, 6.07) is 12.5. The number of rotatable bonds is 6. The first-order chi connectivity index (χ1) is 17.7. The van der Waals surface area contributed by atoms with Crippen molar-refractivity contribution < 1.29 is 18.0 Å². The zero-order valence-electron chi connectivity index (χ0n) is 20.3. The Bertz CT molecular complexity index is 1410. The number of alkyl halides is 3. The van der Waals surface area contributed by atoms with Gasteiger partial charge in [-0.1, -0.05) is 0 Å². The molecule has 0 aliphatic carbocycles. The minimum absolute atomic E-state index is 0.108. The topological polar surface area (TPSA) is 85.9 Å². The molecular formula is C27H27F3N6O. The predicted octanol–water partition coefficient (Wildman–Crippen LogP) is 5.86. The highest BCUT2D eigenvalue weighted by atomic mass is 19.4. The molecule has 0 saturated carbocycles. The molecule has 10 heteroatoms. The fraction of sp³-hybridized carbons (Fsp3) is 0.296. The molecule has 5 rings (SSSR count). The Kier molecular flexibility index (Phi) is 6.84. The zero-order chi connectivity index (χ0) is 26.0. The lowest BCUT2D eigenvalue weighted by Crippen LogP contribution is -2.31. The van der Waals surface area contributed by atoms with Gasteiger partial charge in [-0.05, 0) is 99.4 Å². The number of piperidine rings is 1. The average molecular weight is 509 g/mol. The summed E-state index contributed by atoms with van der Waals surface area (Å²) < 4.78 is 41.1.